The molecule has 0 aliphatic rings. The van der Waals surface area contributed by atoms with Crippen LogP contribution in [0.25, 0.3) is 11.1 Å². The Bertz CT molecular complexity index is 1020. The van der Waals surface area contributed by atoms with E-state index in [4.69, 9.17) is 0 Å². The van der Waals surface area contributed by atoms with Gasteiger partial charge in [-0.2, -0.15) is 0 Å². The van der Waals surface area contributed by atoms with E-state index in [1.165, 1.54) is 18.2 Å². The van der Waals surface area contributed by atoms with Gasteiger partial charge in [0.05, 0.1) is 4.90 Å². The van der Waals surface area contributed by atoms with E-state index in [0.717, 1.165) is 17.7 Å². The summed E-state index contributed by atoms with van der Waals surface area (Å²) in [5, 5.41) is 0. The van der Waals surface area contributed by atoms with Gasteiger partial charge in [0.25, 0.3) is 15.9 Å². The number of hydrazine groups is 1. The molecule has 0 radical (unpaired) electrons. The molecule has 0 fully saturated rings. The number of carbonyl (C=O) groups is 1. The summed E-state index contributed by atoms with van der Waals surface area (Å²) < 4.78 is 38.2. The molecule has 0 aromatic heterocycles. The second-order valence-corrected chi connectivity index (χ2v) is 7.08. The van der Waals surface area contributed by atoms with Crippen molar-refractivity contribution in [1.29, 1.82) is 0 Å². The number of rotatable bonds is 5. The fraction of sp³-hybridized carbons (Fsp3) is 0. The average Bonchev–Trinajstić information content (AvgIpc) is 2.67. The molecule has 2 N–H and O–H groups in total. The van der Waals surface area contributed by atoms with Crippen LogP contribution in [0, 0.1) is 5.82 Å². The average molecular weight is 370 g/mol. The van der Waals surface area contributed by atoms with Crippen molar-refractivity contribution in [1.82, 2.24) is 10.3 Å². The first kappa shape index (κ1) is 17.8. The predicted molar refractivity (Wildman–Crippen MR) is 96.1 cm³/mol. The number of carbonyl (C=O) groups excluding carboxylic acids is 1. The van der Waals surface area contributed by atoms with E-state index in [1.54, 1.807) is 30.3 Å². The van der Waals surface area contributed by atoms with E-state index in [1.807, 2.05) is 18.2 Å². The number of hydrogen-bond acceptors (Lipinski definition) is 3. The highest BCUT2D eigenvalue weighted by molar-refractivity contribution is 7.89. The van der Waals surface area contributed by atoms with Gasteiger partial charge in [0.15, 0.2) is 0 Å². The van der Waals surface area contributed by atoms with E-state index >= 15 is 0 Å². The lowest BCUT2D eigenvalue weighted by Crippen LogP contribution is -2.41. The first-order valence-electron chi connectivity index (χ1n) is 7.69. The first-order chi connectivity index (χ1) is 12.5. The number of hydrogen-bond donors (Lipinski definition) is 2. The van der Waals surface area contributed by atoms with Crippen molar-refractivity contribution in [3.63, 3.8) is 0 Å². The summed E-state index contributed by atoms with van der Waals surface area (Å²) in [6.07, 6.45) is 0. The largest absolute Gasteiger partial charge is 0.273 e. The number of amides is 1. The Kier molecular flexibility index (Phi) is 5.11. The number of nitrogens with one attached hydrogen (secondary N) is 2. The fourth-order valence-electron chi connectivity index (χ4n) is 2.40. The predicted octanol–water partition coefficient (Wildman–Crippen LogP) is 3.12. The second kappa shape index (κ2) is 7.47. The molecule has 0 saturated heterocycles. The molecule has 0 aliphatic heterocycles. The van der Waals surface area contributed by atoms with Gasteiger partial charge >= 0.3 is 0 Å². The van der Waals surface area contributed by atoms with Gasteiger partial charge in [0, 0.05) is 11.1 Å². The Morgan fingerprint density at radius 3 is 2.12 bits per heavy atom. The number of halogens is 1. The zero-order valence-electron chi connectivity index (χ0n) is 13.5. The fourth-order valence-corrected chi connectivity index (χ4v) is 3.47. The molecule has 3 rings (SSSR count). The maximum Gasteiger partial charge on any atom is 0.266 e. The summed E-state index contributed by atoms with van der Waals surface area (Å²) in [5.74, 6) is -1.18. The van der Waals surface area contributed by atoms with Gasteiger partial charge in [0.1, 0.15) is 5.82 Å². The molecule has 0 atom stereocenters. The van der Waals surface area contributed by atoms with Crippen LogP contribution in [0.3, 0.4) is 0 Å². The molecule has 1 amide bonds. The minimum absolute atomic E-state index is 0.0330. The molecule has 0 spiro atoms. The summed E-state index contributed by atoms with van der Waals surface area (Å²) in [4.78, 5) is 14.1. The van der Waals surface area contributed by atoms with Crippen LogP contribution in [0.2, 0.25) is 0 Å². The molecule has 3 aromatic rings. The molecule has 26 heavy (non-hydrogen) atoms. The third-order valence-electron chi connectivity index (χ3n) is 3.67. The van der Waals surface area contributed by atoms with Crippen LogP contribution < -0.4 is 10.3 Å². The molecule has 3 aromatic carbocycles. The van der Waals surface area contributed by atoms with Crippen LogP contribution in [-0.2, 0) is 10.0 Å². The topological polar surface area (TPSA) is 75.3 Å². The van der Waals surface area contributed by atoms with Crippen LogP contribution in [0.15, 0.2) is 83.8 Å². The maximum absolute atomic E-state index is 12.9. The molecule has 0 saturated carbocycles. The Labute approximate surface area is 150 Å². The lowest BCUT2D eigenvalue weighted by atomic mass is 10.1. The van der Waals surface area contributed by atoms with Gasteiger partial charge in [-0.3, -0.25) is 10.2 Å². The Morgan fingerprint density at radius 2 is 1.42 bits per heavy atom. The van der Waals surface area contributed by atoms with Crippen molar-refractivity contribution in [3.05, 3.63) is 90.2 Å². The van der Waals surface area contributed by atoms with E-state index in [-0.39, 0.29) is 10.5 Å². The van der Waals surface area contributed by atoms with Gasteiger partial charge in [-0.1, -0.05) is 48.5 Å². The van der Waals surface area contributed by atoms with Crippen LogP contribution >= 0.6 is 0 Å². The summed E-state index contributed by atoms with van der Waals surface area (Å²) in [6.45, 7) is 0. The number of sulfonamides is 1. The highest BCUT2D eigenvalue weighted by Gasteiger charge is 2.20. The van der Waals surface area contributed by atoms with Crippen molar-refractivity contribution in [2.24, 2.45) is 0 Å². The van der Waals surface area contributed by atoms with Crippen LogP contribution in [0.1, 0.15) is 10.4 Å². The highest BCUT2D eigenvalue weighted by Crippen LogP contribution is 2.26. The van der Waals surface area contributed by atoms with E-state index in [2.05, 4.69) is 10.3 Å². The van der Waals surface area contributed by atoms with Crippen molar-refractivity contribution < 1.29 is 17.6 Å². The minimum Gasteiger partial charge on any atom is -0.273 e. The summed E-state index contributed by atoms with van der Waals surface area (Å²) in [7, 11) is -4.01. The van der Waals surface area contributed by atoms with Crippen LogP contribution in [0.4, 0.5) is 4.39 Å². The van der Waals surface area contributed by atoms with Crippen molar-refractivity contribution >= 4 is 15.9 Å². The summed E-state index contributed by atoms with van der Waals surface area (Å²) in [5.41, 5.74) is 3.51. The second-order valence-electron chi connectivity index (χ2n) is 5.43. The molecular formula is C19H15FN2O3S. The van der Waals surface area contributed by atoms with Gasteiger partial charge in [-0.05, 0) is 35.9 Å². The van der Waals surface area contributed by atoms with Gasteiger partial charge in [-0.15, -0.1) is 4.83 Å². The third kappa shape index (κ3) is 3.96. The zero-order chi connectivity index (χ0) is 18.6. The molecule has 0 bridgehead atoms. The molecule has 132 valence electrons. The maximum atomic E-state index is 12.9. The smallest absolute Gasteiger partial charge is 0.266 e. The molecule has 7 heteroatoms. The lowest BCUT2D eigenvalue weighted by Gasteiger charge is -2.12. The van der Waals surface area contributed by atoms with Gasteiger partial charge in [0.2, 0.25) is 0 Å². The first-order valence-corrected chi connectivity index (χ1v) is 9.18. The Balaban J connectivity index is 1.83. The Hall–Kier alpha value is -3.03. The van der Waals surface area contributed by atoms with Gasteiger partial charge < -0.3 is 0 Å². The van der Waals surface area contributed by atoms with E-state index < -0.39 is 21.7 Å². The van der Waals surface area contributed by atoms with Crippen LogP contribution in [0.5, 0.6) is 0 Å². The molecule has 0 unspecified atom stereocenters. The monoisotopic (exact) mass is 370 g/mol. The number of benzene rings is 3. The van der Waals surface area contributed by atoms with Crippen molar-refractivity contribution in [2.75, 3.05) is 0 Å². The SMILES string of the molecule is O=C(NNS(=O)(=O)c1ccccc1-c1ccccc1)c1ccc(F)cc1. The summed E-state index contributed by atoms with van der Waals surface area (Å²) in [6, 6.07) is 20.3. The van der Waals surface area contributed by atoms with Crippen LogP contribution in [-0.4, -0.2) is 14.3 Å². The van der Waals surface area contributed by atoms with E-state index in [0.29, 0.717) is 5.56 Å². The van der Waals surface area contributed by atoms with Crippen molar-refractivity contribution in [3.8, 4) is 11.1 Å². The van der Waals surface area contributed by atoms with Crippen molar-refractivity contribution in [2.45, 2.75) is 4.90 Å². The zero-order valence-corrected chi connectivity index (χ0v) is 14.3. The standard InChI is InChI=1S/C19H15FN2O3S/c20-16-12-10-15(11-13-16)19(23)21-22-26(24,25)18-9-5-4-8-17(18)14-6-2-1-3-7-14/h1-13,22H,(H,21,23). The molecule has 0 heterocycles. The third-order valence-corrected chi connectivity index (χ3v) is 4.97. The van der Waals surface area contributed by atoms with Gasteiger partial charge in [-0.25, -0.2) is 12.8 Å². The quantitative estimate of drug-likeness (QED) is 0.678. The highest BCUT2D eigenvalue weighted by atomic mass is 32.2. The van der Waals surface area contributed by atoms with E-state index in [9.17, 15) is 17.6 Å². The molecule has 5 nitrogen and oxygen atoms in total. The molecule has 0 aliphatic carbocycles. The summed E-state index contributed by atoms with van der Waals surface area (Å²) >= 11 is 0. The molecular weight excluding hydrogens is 355 g/mol. The minimum atomic E-state index is -4.01. The lowest BCUT2D eigenvalue weighted by molar-refractivity contribution is 0.0945. The normalized spacial score (nSPS) is 11.1. The Morgan fingerprint density at radius 1 is 0.808 bits per heavy atom.